The van der Waals surface area contributed by atoms with E-state index in [9.17, 15) is 0 Å². The Balaban J connectivity index is 1.63. The zero-order valence-electron chi connectivity index (χ0n) is 12.0. The lowest BCUT2D eigenvalue weighted by atomic mass is 10.2. The molecule has 0 amide bonds. The molecule has 0 unspecified atom stereocenters. The maximum absolute atomic E-state index is 4.19. The Morgan fingerprint density at radius 3 is 2.95 bits per heavy atom. The molecule has 20 heavy (non-hydrogen) atoms. The van der Waals surface area contributed by atoms with Crippen LogP contribution >= 0.6 is 11.3 Å². The van der Waals surface area contributed by atoms with Gasteiger partial charge in [-0.2, -0.15) is 11.3 Å². The lowest BCUT2D eigenvalue weighted by Gasteiger charge is -2.24. The van der Waals surface area contributed by atoms with Crippen molar-refractivity contribution in [1.82, 2.24) is 9.88 Å². The van der Waals surface area contributed by atoms with Gasteiger partial charge < -0.3 is 4.90 Å². The number of hydrogen-bond acceptors (Lipinski definition) is 4. The van der Waals surface area contributed by atoms with Gasteiger partial charge in [0.1, 0.15) is 0 Å². The van der Waals surface area contributed by atoms with Gasteiger partial charge in [-0.25, -0.2) is 0 Å². The second-order valence-electron chi connectivity index (χ2n) is 5.41. The van der Waals surface area contributed by atoms with Gasteiger partial charge in [-0.05, 0) is 47.4 Å². The van der Waals surface area contributed by atoms with Crippen LogP contribution in [0.3, 0.4) is 0 Å². The molecule has 1 saturated heterocycles. The second-order valence-corrected chi connectivity index (χ2v) is 6.19. The van der Waals surface area contributed by atoms with Gasteiger partial charge in [0.25, 0.3) is 0 Å². The number of anilines is 1. The Morgan fingerprint density at radius 1 is 1.20 bits per heavy atom. The third-order valence-electron chi connectivity index (χ3n) is 3.91. The highest BCUT2D eigenvalue weighted by Crippen LogP contribution is 2.20. The fourth-order valence-electron chi connectivity index (χ4n) is 2.83. The molecular weight excluding hydrogens is 266 g/mol. The van der Waals surface area contributed by atoms with Gasteiger partial charge in [-0.3, -0.25) is 9.88 Å². The van der Waals surface area contributed by atoms with Gasteiger partial charge in [-0.1, -0.05) is 0 Å². The highest BCUT2D eigenvalue weighted by Gasteiger charge is 2.16. The summed E-state index contributed by atoms with van der Waals surface area (Å²) in [5.41, 5.74) is 4.07. The van der Waals surface area contributed by atoms with Crippen molar-refractivity contribution in [1.29, 1.82) is 0 Å². The number of nitrogens with zero attached hydrogens (tertiary/aromatic N) is 3. The summed E-state index contributed by atoms with van der Waals surface area (Å²) in [6.45, 7) is 7.82. The molecule has 0 aromatic carbocycles. The normalized spacial score (nSPS) is 17.1. The van der Waals surface area contributed by atoms with Crippen LogP contribution in [-0.2, 0) is 6.54 Å². The first kappa shape index (κ1) is 13.6. The molecule has 4 heteroatoms. The molecule has 1 fully saturated rings. The summed E-state index contributed by atoms with van der Waals surface area (Å²) < 4.78 is 0. The summed E-state index contributed by atoms with van der Waals surface area (Å²) in [4.78, 5) is 9.26. The third kappa shape index (κ3) is 3.19. The third-order valence-corrected chi connectivity index (χ3v) is 4.64. The summed E-state index contributed by atoms with van der Waals surface area (Å²) in [7, 11) is 0. The van der Waals surface area contributed by atoms with Gasteiger partial charge in [0, 0.05) is 50.8 Å². The minimum atomic E-state index is 1.09. The maximum atomic E-state index is 4.19. The van der Waals surface area contributed by atoms with Crippen molar-refractivity contribution in [3.63, 3.8) is 0 Å². The van der Waals surface area contributed by atoms with Gasteiger partial charge in [-0.15, -0.1) is 0 Å². The molecule has 0 atom stereocenters. The maximum Gasteiger partial charge on any atom is 0.0427 e. The molecule has 3 nitrogen and oxygen atoms in total. The minimum Gasteiger partial charge on any atom is -0.370 e. The van der Waals surface area contributed by atoms with E-state index in [1.54, 1.807) is 11.3 Å². The first-order valence-electron chi connectivity index (χ1n) is 7.22. The van der Waals surface area contributed by atoms with E-state index < -0.39 is 0 Å². The summed E-state index contributed by atoms with van der Waals surface area (Å²) in [5.74, 6) is 0. The van der Waals surface area contributed by atoms with Crippen molar-refractivity contribution in [2.24, 2.45) is 0 Å². The summed E-state index contributed by atoms with van der Waals surface area (Å²) >= 11 is 1.79. The minimum absolute atomic E-state index is 1.09. The average molecular weight is 287 g/mol. The predicted molar refractivity (Wildman–Crippen MR) is 85.4 cm³/mol. The van der Waals surface area contributed by atoms with Crippen LogP contribution in [0.15, 0.2) is 35.3 Å². The lowest BCUT2D eigenvalue weighted by molar-refractivity contribution is 0.286. The number of aromatic nitrogens is 1. The number of hydrogen-bond donors (Lipinski definition) is 0. The first-order chi connectivity index (χ1) is 9.83. The lowest BCUT2D eigenvalue weighted by Crippen LogP contribution is -2.30. The van der Waals surface area contributed by atoms with Crippen LogP contribution in [0.1, 0.15) is 17.5 Å². The molecule has 0 bridgehead atoms. The molecule has 3 heterocycles. The Morgan fingerprint density at radius 2 is 2.15 bits per heavy atom. The quantitative estimate of drug-likeness (QED) is 0.864. The second kappa shape index (κ2) is 6.37. The monoisotopic (exact) mass is 287 g/mol. The van der Waals surface area contributed by atoms with Crippen molar-refractivity contribution in [3.8, 4) is 0 Å². The van der Waals surface area contributed by atoms with Crippen LogP contribution in [-0.4, -0.2) is 36.1 Å². The van der Waals surface area contributed by atoms with Gasteiger partial charge in [0.2, 0.25) is 0 Å². The van der Waals surface area contributed by atoms with E-state index in [1.165, 1.54) is 29.8 Å². The standard InChI is InChI=1S/C16H21N3S/c1-14-11-17-5-3-16(14)19-7-2-6-18(8-9-19)12-15-4-10-20-13-15/h3-5,10-11,13H,2,6-9,12H2,1H3. The van der Waals surface area contributed by atoms with Crippen LogP contribution in [0.5, 0.6) is 0 Å². The highest BCUT2D eigenvalue weighted by atomic mass is 32.1. The molecule has 1 aliphatic rings. The van der Waals surface area contributed by atoms with Crippen LogP contribution in [0.25, 0.3) is 0 Å². The van der Waals surface area contributed by atoms with Crippen LogP contribution in [0.2, 0.25) is 0 Å². The zero-order chi connectivity index (χ0) is 13.8. The summed E-state index contributed by atoms with van der Waals surface area (Å²) in [6, 6.07) is 4.38. The predicted octanol–water partition coefficient (Wildman–Crippen LogP) is 3.16. The topological polar surface area (TPSA) is 19.4 Å². The molecule has 2 aromatic rings. The summed E-state index contributed by atoms with van der Waals surface area (Å²) in [6.07, 6.45) is 5.09. The van der Waals surface area contributed by atoms with Crippen molar-refractivity contribution in [2.75, 3.05) is 31.1 Å². The molecule has 0 spiro atoms. The number of thiophene rings is 1. The summed E-state index contributed by atoms with van der Waals surface area (Å²) in [5, 5.41) is 4.43. The largest absolute Gasteiger partial charge is 0.370 e. The van der Waals surface area contributed by atoms with Gasteiger partial charge in [0.15, 0.2) is 0 Å². The highest BCUT2D eigenvalue weighted by molar-refractivity contribution is 7.07. The number of pyridine rings is 1. The van der Waals surface area contributed by atoms with Crippen molar-refractivity contribution in [3.05, 3.63) is 46.4 Å². The zero-order valence-corrected chi connectivity index (χ0v) is 12.8. The Kier molecular flexibility index (Phi) is 4.33. The molecule has 0 N–H and O–H groups in total. The molecule has 1 aliphatic heterocycles. The van der Waals surface area contributed by atoms with Crippen LogP contribution in [0, 0.1) is 6.92 Å². The van der Waals surface area contributed by atoms with E-state index >= 15 is 0 Å². The van der Waals surface area contributed by atoms with Gasteiger partial charge >= 0.3 is 0 Å². The number of rotatable bonds is 3. The van der Waals surface area contributed by atoms with Crippen molar-refractivity contribution in [2.45, 2.75) is 19.9 Å². The van der Waals surface area contributed by atoms with E-state index in [2.05, 4.69) is 44.6 Å². The van der Waals surface area contributed by atoms with E-state index in [-0.39, 0.29) is 0 Å². The molecule has 0 aliphatic carbocycles. The average Bonchev–Trinajstić information content (AvgIpc) is 2.85. The molecule has 0 radical (unpaired) electrons. The van der Waals surface area contributed by atoms with E-state index in [4.69, 9.17) is 0 Å². The molecule has 2 aromatic heterocycles. The molecule has 106 valence electrons. The van der Waals surface area contributed by atoms with Crippen molar-refractivity contribution < 1.29 is 0 Å². The Hall–Kier alpha value is -1.39. The van der Waals surface area contributed by atoms with Crippen molar-refractivity contribution >= 4 is 17.0 Å². The van der Waals surface area contributed by atoms with E-state index in [0.717, 1.165) is 26.2 Å². The fourth-order valence-corrected chi connectivity index (χ4v) is 3.49. The van der Waals surface area contributed by atoms with E-state index in [1.807, 2.05) is 12.4 Å². The smallest absolute Gasteiger partial charge is 0.0427 e. The van der Waals surface area contributed by atoms with Gasteiger partial charge in [0.05, 0.1) is 0 Å². The first-order valence-corrected chi connectivity index (χ1v) is 8.16. The SMILES string of the molecule is Cc1cnccc1N1CCCN(Cc2ccsc2)CC1. The van der Waals surface area contributed by atoms with Crippen LogP contribution < -0.4 is 4.90 Å². The Labute approximate surface area is 124 Å². The fraction of sp³-hybridized carbons (Fsp3) is 0.438. The molecular formula is C16H21N3S. The number of aryl methyl sites for hydroxylation is 1. The van der Waals surface area contributed by atoms with E-state index in [0.29, 0.717) is 0 Å². The van der Waals surface area contributed by atoms with Crippen LogP contribution in [0.4, 0.5) is 5.69 Å². The molecule has 3 rings (SSSR count). The molecule has 0 saturated carbocycles. The Bertz CT molecular complexity index is 538.